The third-order valence-corrected chi connectivity index (χ3v) is 4.63. The van der Waals surface area contributed by atoms with Gasteiger partial charge in [-0.1, -0.05) is 13.8 Å². The fourth-order valence-corrected chi connectivity index (χ4v) is 3.21. The second kappa shape index (κ2) is 10.0. The average molecular weight is 412 g/mol. The topological polar surface area (TPSA) is 111 Å². The Hall–Kier alpha value is -3.20. The normalized spacial score (nSPS) is 13.8. The minimum absolute atomic E-state index is 0.316. The molecular weight excluding hydrogens is 382 g/mol. The third-order valence-electron chi connectivity index (χ3n) is 4.63. The number of imide groups is 1. The molecule has 1 fully saturated rings. The molecule has 9 heteroatoms. The number of hydrogen-bond acceptors (Lipinski definition) is 8. The molecular formula is C21H29N7O2. The molecule has 30 heavy (non-hydrogen) atoms. The van der Waals surface area contributed by atoms with E-state index in [1.54, 1.807) is 12.4 Å². The van der Waals surface area contributed by atoms with Crippen molar-refractivity contribution in [1.29, 1.82) is 0 Å². The molecule has 4 N–H and O–H groups in total. The molecule has 2 aromatic rings. The molecule has 2 aromatic heterocycles. The number of anilines is 4. The summed E-state index contributed by atoms with van der Waals surface area (Å²) in [6.07, 6.45) is 4.96. The van der Waals surface area contributed by atoms with Crippen molar-refractivity contribution in [3.05, 3.63) is 36.3 Å². The quantitative estimate of drug-likeness (QED) is 0.547. The largest absolute Gasteiger partial charge is 0.382 e. The lowest BCUT2D eigenvalue weighted by atomic mass is 10.1. The highest BCUT2D eigenvalue weighted by Crippen LogP contribution is 2.37. The van der Waals surface area contributed by atoms with Crippen LogP contribution in [0.4, 0.5) is 22.9 Å². The van der Waals surface area contributed by atoms with E-state index in [0.29, 0.717) is 29.4 Å². The van der Waals surface area contributed by atoms with Crippen LogP contribution in [0.2, 0.25) is 0 Å². The van der Waals surface area contributed by atoms with Crippen molar-refractivity contribution in [2.24, 2.45) is 5.92 Å². The Morgan fingerprint density at radius 1 is 1.20 bits per heavy atom. The number of pyridine rings is 2. The summed E-state index contributed by atoms with van der Waals surface area (Å²) in [7, 11) is 0. The molecule has 0 radical (unpaired) electrons. The number of carbonyl (C=O) groups is 2. The molecule has 0 saturated carbocycles. The zero-order valence-corrected chi connectivity index (χ0v) is 17.7. The van der Waals surface area contributed by atoms with Crippen LogP contribution in [-0.2, 0) is 4.79 Å². The Bertz CT molecular complexity index is 880. The fraction of sp³-hybridized carbons (Fsp3) is 0.429. The van der Waals surface area contributed by atoms with Crippen LogP contribution < -0.4 is 26.2 Å². The molecule has 9 nitrogen and oxygen atoms in total. The van der Waals surface area contributed by atoms with Crippen molar-refractivity contribution in [2.75, 3.05) is 48.3 Å². The summed E-state index contributed by atoms with van der Waals surface area (Å²) in [5.41, 5.74) is 2.42. The molecule has 0 atom stereocenters. The first-order chi connectivity index (χ1) is 14.5. The zero-order valence-electron chi connectivity index (χ0n) is 17.7. The van der Waals surface area contributed by atoms with E-state index in [1.165, 1.54) is 13.1 Å². The second-order valence-corrected chi connectivity index (χ2v) is 7.63. The lowest BCUT2D eigenvalue weighted by molar-refractivity contribution is -0.118. The molecule has 0 bridgehead atoms. The van der Waals surface area contributed by atoms with Gasteiger partial charge >= 0.3 is 0 Å². The van der Waals surface area contributed by atoms with E-state index in [-0.39, 0.29) is 0 Å². The third kappa shape index (κ3) is 5.44. The highest BCUT2D eigenvalue weighted by molar-refractivity contribution is 6.10. The van der Waals surface area contributed by atoms with E-state index in [1.807, 2.05) is 12.1 Å². The predicted molar refractivity (Wildman–Crippen MR) is 118 cm³/mol. The van der Waals surface area contributed by atoms with Crippen LogP contribution in [0, 0.1) is 5.92 Å². The van der Waals surface area contributed by atoms with Gasteiger partial charge in [-0.25, -0.2) is 4.98 Å². The molecule has 3 rings (SSSR count). The van der Waals surface area contributed by atoms with Crippen LogP contribution in [0.1, 0.15) is 31.1 Å². The number of nitrogens with one attached hydrogen (secondary N) is 4. The molecule has 0 unspecified atom stereocenters. The van der Waals surface area contributed by atoms with E-state index in [2.05, 4.69) is 50.0 Å². The zero-order chi connectivity index (χ0) is 21.5. The molecule has 2 amide bonds. The van der Waals surface area contributed by atoms with Gasteiger partial charge in [-0.05, 0) is 18.1 Å². The van der Waals surface area contributed by atoms with Gasteiger partial charge < -0.3 is 20.9 Å². The molecule has 0 aliphatic carbocycles. The number of amides is 2. The maximum atomic E-state index is 12.7. The first-order valence-corrected chi connectivity index (χ1v) is 10.2. The molecule has 0 spiro atoms. The smallest absolute Gasteiger partial charge is 0.261 e. The Morgan fingerprint density at radius 3 is 2.60 bits per heavy atom. The average Bonchev–Trinajstić information content (AvgIpc) is 2.73. The van der Waals surface area contributed by atoms with Gasteiger partial charge in [0.2, 0.25) is 5.91 Å². The summed E-state index contributed by atoms with van der Waals surface area (Å²) in [6, 6.07) is 3.75. The highest BCUT2D eigenvalue weighted by atomic mass is 16.2. The maximum Gasteiger partial charge on any atom is 0.261 e. The van der Waals surface area contributed by atoms with Gasteiger partial charge in [0.05, 0.1) is 23.1 Å². The molecule has 1 saturated heterocycles. The fourth-order valence-electron chi connectivity index (χ4n) is 3.21. The van der Waals surface area contributed by atoms with Crippen LogP contribution in [0.25, 0.3) is 0 Å². The van der Waals surface area contributed by atoms with Gasteiger partial charge in [-0.2, -0.15) is 0 Å². The standard InChI is InChI=1S/C21H29N7O2/c1-14(2)11-24-18-17(21(30)26-15(3)29)13-25-20(28-9-7-22-8-10-28)19(18)27-16-5-4-6-23-12-16/h4-6,12-14,22,27H,7-11H2,1-3H3,(H,24,25)(H,26,29,30). The number of rotatable bonds is 7. The van der Waals surface area contributed by atoms with Crippen molar-refractivity contribution in [3.63, 3.8) is 0 Å². The number of aromatic nitrogens is 2. The molecule has 1 aliphatic heterocycles. The van der Waals surface area contributed by atoms with Crippen LogP contribution >= 0.6 is 0 Å². The van der Waals surface area contributed by atoms with Gasteiger partial charge in [0.15, 0.2) is 5.82 Å². The number of carbonyl (C=O) groups excluding carboxylic acids is 2. The van der Waals surface area contributed by atoms with Crippen molar-refractivity contribution >= 4 is 34.7 Å². The van der Waals surface area contributed by atoms with E-state index in [4.69, 9.17) is 0 Å². The monoisotopic (exact) mass is 411 g/mol. The maximum absolute atomic E-state index is 12.7. The second-order valence-electron chi connectivity index (χ2n) is 7.63. The first kappa shape index (κ1) is 21.5. The van der Waals surface area contributed by atoms with Crippen LogP contribution in [-0.4, -0.2) is 54.5 Å². The molecule has 1 aliphatic rings. The Labute approximate surface area is 176 Å². The van der Waals surface area contributed by atoms with Crippen molar-refractivity contribution < 1.29 is 9.59 Å². The van der Waals surface area contributed by atoms with Gasteiger partial charge in [-0.3, -0.25) is 19.9 Å². The highest BCUT2D eigenvalue weighted by Gasteiger charge is 2.24. The number of nitrogens with zero attached hydrogens (tertiary/aromatic N) is 3. The molecule has 3 heterocycles. The Balaban J connectivity index is 2.10. The minimum Gasteiger partial charge on any atom is -0.382 e. The van der Waals surface area contributed by atoms with E-state index < -0.39 is 11.8 Å². The van der Waals surface area contributed by atoms with E-state index in [0.717, 1.165) is 37.7 Å². The number of hydrogen-bond donors (Lipinski definition) is 4. The van der Waals surface area contributed by atoms with Gasteiger partial charge in [0, 0.05) is 52.0 Å². The summed E-state index contributed by atoms with van der Waals surface area (Å²) in [5.74, 6) is 0.215. The molecule has 160 valence electrons. The van der Waals surface area contributed by atoms with Crippen molar-refractivity contribution in [3.8, 4) is 0 Å². The Morgan fingerprint density at radius 2 is 1.97 bits per heavy atom. The van der Waals surface area contributed by atoms with E-state index >= 15 is 0 Å². The van der Waals surface area contributed by atoms with Gasteiger partial charge in [0.1, 0.15) is 5.69 Å². The summed E-state index contributed by atoms with van der Waals surface area (Å²) >= 11 is 0. The predicted octanol–water partition coefficient (Wildman–Crippen LogP) is 1.97. The first-order valence-electron chi connectivity index (χ1n) is 10.2. The van der Waals surface area contributed by atoms with Crippen LogP contribution in [0.5, 0.6) is 0 Å². The van der Waals surface area contributed by atoms with Crippen LogP contribution in [0.15, 0.2) is 30.7 Å². The van der Waals surface area contributed by atoms with Gasteiger partial charge in [0.25, 0.3) is 5.91 Å². The minimum atomic E-state index is -0.484. The SMILES string of the molecule is CC(=O)NC(=O)c1cnc(N2CCNCC2)c(Nc2cccnc2)c1NCC(C)C. The summed E-state index contributed by atoms with van der Waals surface area (Å²) in [5, 5.41) is 12.5. The van der Waals surface area contributed by atoms with Crippen molar-refractivity contribution in [2.45, 2.75) is 20.8 Å². The molecule has 0 aromatic carbocycles. The summed E-state index contributed by atoms with van der Waals surface area (Å²) < 4.78 is 0. The Kier molecular flexibility index (Phi) is 7.18. The number of piperazine rings is 1. The summed E-state index contributed by atoms with van der Waals surface area (Å²) in [6.45, 7) is 9.48. The van der Waals surface area contributed by atoms with Crippen LogP contribution in [0.3, 0.4) is 0 Å². The summed E-state index contributed by atoms with van der Waals surface area (Å²) in [4.78, 5) is 35.2. The van der Waals surface area contributed by atoms with E-state index in [9.17, 15) is 9.59 Å². The van der Waals surface area contributed by atoms with Gasteiger partial charge in [-0.15, -0.1) is 0 Å². The lowest BCUT2D eigenvalue weighted by Gasteiger charge is -2.31. The lowest BCUT2D eigenvalue weighted by Crippen LogP contribution is -2.44. The van der Waals surface area contributed by atoms with Crippen molar-refractivity contribution in [1.82, 2.24) is 20.6 Å².